The molecule has 7 nitrogen and oxygen atoms in total. The van der Waals surface area contributed by atoms with Gasteiger partial charge in [-0.25, -0.2) is 0 Å². The summed E-state index contributed by atoms with van der Waals surface area (Å²) in [7, 11) is 4.08. The predicted octanol–water partition coefficient (Wildman–Crippen LogP) is 0.165. The Morgan fingerprint density at radius 1 is 1.41 bits per heavy atom. The molecule has 1 aliphatic heterocycles. The number of carboxylic acid groups (broad SMARTS) is 1. The van der Waals surface area contributed by atoms with E-state index < -0.39 is 17.1 Å². The molecule has 2 heterocycles. The zero-order chi connectivity index (χ0) is 16.3. The van der Waals surface area contributed by atoms with E-state index in [0.717, 1.165) is 25.9 Å². The minimum Gasteiger partial charge on any atom is -0.503 e. The second-order valence-electron chi connectivity index (χ2n) is 5.99. The fraction of sp³-hybridized carbons (Fsp3) is 0.600. The van der Waals surface area contributed by atoms with Crippen LogP contribution in [0.25, 0.3) is 0 Å². The van der Waals surface area contributed by atoms with Crippen LogP contribution in [-0.4, -0.2) is 63.8 Å². The van der Waals surface area contributed by atoms with Gasteiger partial charge in [0.2, 0.25) is 5.43 Å². The molecule has 22 heavy (non-hydrogen) atoms. The Bertz CT molecular complexity index is 591. The molecule has 0 atom stereocenters. The van der Waals surface area contributed by atoms with E-state index in [2.05, 4.69) is 16.8 Å². The Balaban J connectivity index is 2.15. The summed E-state index contributed by atoms with van der Waals surface area (Å²) >= 11 is 0. The van der Waals surface area contributed by atoms with Crippen LogP contribution in [0.1, 0.15) is 18.5 Å². The molecule has 1 fully saturated rings. The number of piperidine rings is 1. The van der Waals surface area contributed by atoms with Crippen LogP contribution >= 0.6 is 0 Å². The van der Waals surface area contributed by atoms with Gasteiger partial charge in [-0.1, -0.05) is 0 Å². The molecule has 0 amide bonds. The maximum Gasteiger partial charge on any atom is 0.323 e. The lowest BCUT2D eigenvalue weighted by Crippen LogP contribution is -2.42. The predicted molar refractivity (Wildman–Crippen MR) is 82.0 cm³/mol. The van der Waals surface area contributed by atoms with Gasteiger partial charge in [-0.3, -0.25) is 14.5 Å². The number of hydrogen-bond acceptors (Lipinski definition) is 5. The number of rotatable bonds is 5. The lowest BCUT2D eigenvalue weighted by atomic mass is 10.0. The number of aliphatic carboxylic acids is 1. The van der Waals surface area contributed by atoms with Crippen LogP contribution < -0.4 is 5.43 Å². The number of carboxylic acids is 1. The molecule has 1 aromatic rings. The monoisotopic (exact) mass is 309 g/mol. The number of aromatic nitrogens is 1. The molecule has 0 radical (unpaired) electrons. The standard InChI is InChI=1S/C15H23N3O4/c1-16-5-3-11(4-6-16)17(2)8-12-7-13(19)14(20)9-18(12)10-15(21)22/h7,9,11,20H,3-6,8,10H2,1-2H3,(H,21,22). The summed E-state index contributed by atoms with van der Waals surface area (Å²) in [6.45, 7) is 2.28. The molecular formula is C15H23N3O4. The molecule has 0 saturated carbocycles. The van der Waals surface area contributed by atoms with Crippen molar-refractivity contribution in [3.05, 3.63) is 28.2 Å². The van der Waals surface area contributed by atoms with E-state index >= 15 is 0 Å². The molecule has 0 unspecified atom stereocenters. The zero-order valence-corrected chi connectivity index (χ0v) is 13.0. The van der Waals surface area contributed by atoms with E-state index in [4.69, 9.17) is 5.11 Å². The molecule has 122 valence electrons. The Hall–Kier alpha value is -1.86. The second-order valence-corrected chi connectivity index (χ2v) is 5.99. The van der Waals surface area contributed by atoms with E-state index in [0.29, 0.717) is 18.3 Å². The van der Waals surface area contributed by atoms with Crippen molar-refractivity contribution in [3.8, 4) is 5.75 Å². The van der Waals surface area contributed by atoms with Crippen molar-refractivity contribution in [2.45, 2.75) is 32.0 Å². The summed E-state index contributed by atoms with van der Waals surface area (Å²) in [5.74, 6) is -1.43. The maximum absolute atomic E-state index is 11.6. The average Bonchev–Trinajstić information content (AvgIpc) is 2.44. The molecule has 0 bridgehead atoms. The van der Waals surface area contributed by atoms with Crippen LogP contribution in [0.4, 0.5) is 0 Å². The van der Waals surface area contributed by atoms with Gasteiger partial charge < -0.3 is 19.7 Å². The molecule has 1 aromatic heterocycles. The summed E-state index contributed by atoms with van der Waals surface area (Å²) in [4.78, 5) is 27.0. The number of pyridine rings is 1. The first-order valence-electron chi connectivity index (χ1n) is 7.39. The van der Waals surface area contributed by atoms with Gasteiger partial charge in [-0.05, 0) is 40.0 Å². The Morgan fingerprint density at radius 2 is 2.05 bits per heavy atom. The highest BCUT2D eigenvalue weighted by Gasteiger charge is 2.21. The summed E-state index contributed by atoms with van der Waals surface area (Å²) < 4.78 is 1.42. The minimum absolute atomic E-state index is 0.273. The number of carbonyl (C=O) groups is 1. The number of aromatic hydroxyl groups is 1. The number of nitrogens with zero attached hydrogens (tertiary/aromatic N) is 3. The van der Waals surface area contributed by atoms with Crippen LogP contribution in [0.15, 0.2) is 17.1 Å². The Morgan fingerprint density at radius 3 is 2.64 bits per heavy atom. The first kappa shape index (κ1) is 16.5. The highest BCUT2D eigenvalue weighted by Crippen LogP contribution is 2.17. The Kier molecular flexibility index (Phi) is 5.20. The summed E-state index contributed by atoms with van der Waals surface area (Å²) in [5, 5.41) is 18.5. The third-order valence-corrected chi connectivity index (χ3v) is 4.23. The lowest BCUT2D eigenvalue weighted by molar-refractivity contribution is -0.137. The van der Waals surface area contributed by atoms with Gasteiger partial charge in [-0.15, -0.1) is 0 Å². The van der Waals surface area contributed by atoms with Gasteiger partial charge in [0.05, 0.1) is 6.20 Å². The third-order valence-electron chi connectivity index (χ3n) is 4.23. The van der Waals surface area contributed by atoms with Crippen LogP contribution in [-0.2, 0) is 17.9 Å². The van der Waals surface area contributed by atoms with Gasteiger partial charge >= 0.3 is 5.97 Å². The summed E-state index contributed by atoms with van der Waals surface area (Å²) in [6, 6.07) is 1.74. The molecule has 7 heteroatoms. The largest absolute Gasteiger partial charge is 0.503 e. The molecule has 0 spiro atoms. The minimum atomic E-state index is -1.01. The normalized spacial score (nSPS) is 17.0. The van der Waals surface area contributed by atoms with E-state index in [1.807, 2.05) is 7.05 Å². The van der Waals surface area contributed by atoms with Crippen molar-refractivity contribution in [1.82, 2.24) is 14.4 Å². The summed E-state index contributed by atoms with van der Waals surface area (Å²) in [5.41, 5.74) is 0.125. The van der Waals surface area contributed by atoms with Crippen molar-refractivity contribution in [3.63, 3.8) is 0 Å². The van der Waals surface area contributed by atoms with Crippen molar-refractivity contribution in [1.29, 1.82) is 0 Å². The fourth-order valence-electron chi connectivity index (χ4n) is 2.85. The van der Waals surface area contributed by atoms with Gasteiger partial charge in [0.25, 0.3) is 0 Å². The first-order chi connectivity index (χ1) is 10.4. The van der Waals surface area contributed by atoms with Crippen molar-refractivity contribution in [2.75, 3.05) is 27.2 Å². The maximum atomic E-state index is 11.6. The fourth-order valence-corrected chi connectivity index (χ4v) is 2.85. The molecule has 0 aromatic carbocycles. The SMILES string of the molecule is CN1CCC(N(C)Cc2cc(=O)c(O)cn2CC(=O)O)CC1. The molecular weight excluding hydrogens is 286 g/mol. The van der Waals surface area contributed by atoms with Gasteiger partial charge in [-0.2, -0.15) is 0 Å². The van der Waals surface area contributed by atoms with Gasteiger partial charge in [0, 0.05) is 24.3 Å². The number of hydrogen-bond donors (Lipinski definition) is 2. The van der Waals surface area contributed by atoms with Gasteiger partial charge in [0.15, 0.2) is 5.75 Å². The smallest absolute Gasteiger partial charge is 0.323 e. The molecule has 2 rings (SSSR count). The average molecular weight is 309 g/mol. The van der Waals surface area contributed by atoms with Crippen molar-refractivity contribution in [2.24, 2.45) is 0 Å². The topological polar surface area (TPSA) is 86.0 Å². The van der Waals surface area contributed by atoms with Crippen molar-refractivity contribution >= 4 is 5.97 Å². The molecule has 2 N–H and O–H groups in total. The summed E-state index contributed by atoms with van der Waals surface area (Å²) in [6.07, 6.45) is 3.30. The van der Waals surface area contributed by atoms with Crippen LogP contribution in [0.3, 0.4) is 0 Å². The van der Waals surface area contributed by atoms with E-state index in [9.17, 15) is 14.7 Å². The van der Waals surface area contributed by atoms with Crippen LogP contribution in [0.5, 0.6) is 5.75 Å². The highest BCUT2D eigenvalue weighted by molar-refractivity contribution is 5.66. The highest BCUT2D eigenvalue weighted by atomic mass is 16.4. The van der Waals surface area contributed by atoms with E-state index in [1.54, 1.807) is 0 Å². The lowest BCUT2D eigenvalue weighted by Gasteiger charge is -2.35. The quantitative estimate of drug-likeness (QED) is 0.806. The Labute approximate surface area is 129 Å². The molecule has 1 aliphatic rings. The zero-order valence-electron chi connectivity index (χ0n) is 13.0. The van der Waals surface area contributed by atoms with E-state index in [-0.39, 0.29) is 6.54 Å². The van der Waals surface area contributed by atoms with Crippen LogP contribution in [0, 0.1) is 0 Å². The second kappa shape index (κ2) is 6.93. The van der Waals surface area contributed by atoms with Crippen LogP contribution in [0.2, 0.25) is 0 Å². The first-order valence-corrected chi connectivity index (χ1v) is 7.39. The van der Waals surface area contributed by atoms with Gasteiger partial charge in [0.1, 0.15) is 6.54 Å². The third kappa shape index (κ3) is 4.08. The number of likely N-dealkylation sites (tertiary alicyclic amines) is 1. The van der Waals surface area contributed by atoms with E-state index in [1.165, 1.54) is 16.8 Å². The molecule has 0 aliphatic carbocycles. The van der Waals surface area contributed by atoms with Crippen molar-refractivity contribution < 1.29 is 15.0 Å². The molecule has 1 saturated heterocycles.